The van der Waals surface area contributed by atoms with Crippen LogP contribution in [0.25, 0.3) is 0 Å². The highest BCUT2D eigenvalue weighted by Gasteiger charge is 2.28. The number of rotatable bonds is 6. The van der Waals surface area contributed by atoms with Crippen molar-refractivity contribution >= 4 is 27.5 Å². The molecule has 0 aliphatic carbocycles. The predicted octanol–water partition coefficient (Wildman–Crippen LogP) is 1.91. The predicted molar refractivity (Wildman–Crippen MR) is 100 cm³/mol. The maximum Gasteiger partial charge on any atom is 0.242 e. The van der Waals surface area contributed by atoms with E-state index in [4.69, 9.17) is 0 Å². The second kappa shape index (κ2) is 8.64. The molecule has 0 radical (unpaired) electrons. The van der Waals surface area contributed by atoms with E-state index < -0.39 is 10.0 Å². The van der Waals surface area contributed by atoms with Gasteiger partial charge in [0.15, 0.2) is 0 Å². The summed E-state index contributed by atoms with van der Waals surface area (Å²) in [6.07, 6.45) is 2.80. The van der Waals surface area contributed by atoms with Crippen LogP contribution in [-0.4, -0.2) is 56.6 Å². The van der Waals surface area contributed by atoms with Crippen molar-refractivity contribution in [1.29, 1.82) is 0 Å². The summed E-state index contributed by atoms with van der Waals surface area (Å²) in [7, 11) is -0.632. The number of piperidine rings is 1. The zero-order valence-electron chi connectivity index (χ0n) is 15.6. The van der Waals surface area contributed by atoms with E-state index in [1.807, 2.05) is 6.92 Å². The molecule has 7 nitrogen and oxygen atoms in total. The van der Waals surface area contributed by atoms with Gasteiger partial charge in [-0.1, -0.05) is 13.0 Å². The van der Waals surface area contributed by atoms with Gasteiger partial charge in [-0.2, -0.15) is 0 Å². The zero-order valence-corrected chi connectivity index (χ0v) is 16.4. The fraction of sp³-hybridized carbons (Fsp3) is 0.556. The number of hydrogen-bond acceptors (Lipinski definition) is 4. The molecular weight excluding hydrogens is 354 g/mol. The molecule has 1 heterocycles. The maximum absolute atomic E-state index is 12.6. The van der Waals surface area contributed by atoms with E-state index in [2.05, 4.69) is 5.32 Å². The lowest BCUT2D eigenvalue weighted by Crippen LogP contribution is -2.43. The molecule has 8 heteroatoms. The first-order valence-corrected chi connectivity index (χ1v) is 10.3. The number of hydrogen-bond donors (Lipinski definition) is 1. The van der Waals surface area contributed by atoms with E-state index in [0.717, 1.165) is 23.6 Å². The van der Waals surface area contributed by atoms with Gasteiger partial charge in [-0.15, -0.1) is 0 Å². The molecule has 0 spiro atoms. The Morgan fingerprint density at radius 2 is 2.04 bits per heavy atom. The van der Waals surface area contributed by atoms with Gasteiger partial charge < -0.3 is 10.2 Å². The Balaban J connectivity index is 2.07. The fourth-order valence-electron chi connectivity index (χ4n) is 2.98. The van der Waals surface area contributed by atoms with E-state index in [0.29, 0.717) is 25.2 Å². The summed E-state index contributed by atoms with van der Waals surface area (Å²) in [5, 5.41) is 2.79. The Morgan fingerprint density at radius 1 is 1.31 bits per heavy atom. The third-order valence-corrected chi connectivity index (χ3v) is 6.30. The molecule has 0 bridgehead atoms. The first-order valence-electron chi connectivity index (χ1n) is 8.87. The van der Waals surface area contributed by atoms with E-state index in [-0.39, 0.29) is 22.6 Å². The Hall–Kier alpha value is -1.93. The fourth-order valence-corrected chi connectivity index (χ4v) is 3.93. The van der Waals surface area contributed by atoms with Crippen molar-refractivity contribution in [2.75, 3.05) is 32.5 Å². The number of amides is 2. The Kier molecular flexibility index (Phi) is 6.77. The van der Waals surface area contributed by atoms with Gasteiger partial charge in [-0.05, 0) is 37.5 Å². The lowest BCUT2D eigenvalue weighted by atomic mass is 9.96. The van der Waals surface area contributed by atoms with Gasteiger partial charge in [0.25, 0.3) is 0 Å². The van der Waals surface area contributed by atoms with Crippen LogP contribution in [-0.2, 0) is 19.6 Å². The zero-order chi connectivity index (χ0) is 19.3. The van der Waals surface area contributed by atoms with Crippen LogP contribution in [0.15, 0.2) is 29.2 Å². The molecule has 1 fully saturated rings. The van der Waals surface area contributed by atoms with Crippen LogP contribution in [0.5, 0.6) is 0 Å². The molecule has 1 N–H and O–H groups in total. The van der Waals surface area contributed by atoms with Gasteiger partial charge in [0, 0.05) is 39.3 Å². The van der Waals surface area contributed by atoms with Gasteiger partial charge in [-0.25, -0.2) is 12.7 Å². The molecule has 1 unspecified atom stereocenters. The lowest BCUT2D eigenvalue weighted by Gasteiger charge is -2.32. The molecule has 1 aromatic rings. The van der Waals surface area contributed by atoms with Crippen molar-refractivity contribution in [1.82, 2.24) is 9.21 Å². The third-order valence-electron chi connectivity index (χ3n) is 4.49. The second-order valence-electron chi connectivity index (χ2n) is 6.73. The molecule has 1 aliphatic heterocycles. The van der Waals surface area contributed by atoms with Crippen LogP contribution in [0.4, 0.5) is 5.69 Å². The summed E-state index contributed by atoms with van der Waals surface area (Å²) in [5.41, 5.74) is 0.440. The first kappa shape index (κ1) is 20.4. The molecular formula is C18H27N3O4S. The molecule has 2 rings (SSSR count). The van der Waals surface area contributed by atoms with Gasteiger partial charge in [0.05, 0.1) is 10.8 Å². The number of nitrogens with one attached hydrogen (secondary N) is 1. The average molecular weight is 381 g/mol. The van der Waals surface area contributed by atoms with Gasteiger partial charge in [0.1, 0.15) is 0 Å². The molecule has 144 valence electrons. The highest BCUT2D eigenvalue weighted by molar-refractivity contribution is 7.89. The van der Waals surface area contributed by atoms with E-state index in [9.17, 15) is 18.0 Å². The van der Waals surface area contributed by atoms with Crippen molar-refractivity contribution in [2.24, 2.45) is 5.92 Å². The van der Waals surface area contributed by atoms with Gasteiger partial charge in [-0.3, -0.25) is 9.59 Å². The average Bonchev–Trinajstić information content (AvgIpc) is 2.62. The van der Waals surface area contributed by atoms with E-state index >= 15 is 0 Å². The summed E-state index contributed by atoms with van der Waals surface area (Å²) in [5.74, 6) is -0.374. The quantitative estimate of drug-likeness (QED) is 0.815. The molecule has 1 saturated heterocycles. The highest BCUT2D eigenvalue weighted by atomic mass is 32.2. The van der Waals surface area contributed by atoms with Crippen molar-refractivity contribution in [3.05, 3.63) is 24.3 Å². The standard InChI is InChI=1S/C18H27N3O4S/c1-4-7-17(22)21-11-6-8-14(13-21)18(23)19-15-9-5-10-16(12-15)26(24,25)20(2)3/h5,9-10,12,14H,4,6-8,11,13H2,1-3H3,(H,19,23). The van der Waals surface area contributed by atoms with Crippen molar-refractivity contribution < 1.29 is 18.0 Å². The lowest BCUT2D eigenvalue weighted by molar-refractivity contribution is -0.134. The molecule has 1 aliphatic rings. The minimum Gasteiger partial charge on any atom is -0.342 e. The number of anilines is 1. The Labute approximate surface area is 155 Å². The minimum absolute atomic E-state index is 0.0871. The molecule has 2 amide bonds. The van der Waals surface area contributed by atoms with E-state index in [1.165, 1.54) is 26.2 Å². The smallest absolute Gasteiger partial charge is 0.242 e. The van der Waals surface area contributed by atoms with Crippen LogP contribution in [0.1, 0.15) is 32.6 Å². The highest BCUT2D eigenvalue weighted by Crippen LogP contribution is 2.22. The molecule has 26 heavy (non-hydrogen) atoms. The van der Waals surface area contributed by atoms with Crippen molar-refractivity contribution in [3.8, 4) is 0 Å². The SMILES string of the molecule is CCCC(=O)N1CCCC(C(=O)Nc2cccc(S(=O)(=O)N(C)C)c2)C1. The van der Waals surface area contributed by atoms with Gasteiger partial charge >= 0.3 is 0 Å². The Bertz CT molecular complexity index is 761. The van der Waals surface area contributed by atoms with Crippen molar-refractivity contribution in [2.45, 2.75) is 37.5 Å². The third kappa shape index (κ3) is 4.82. The number of carbonyl (C=O) groups is 2. The van der Waals surface area contributed by atoms with E-state index in [1.54, 1.807) is 17.0 Å². The molecule has 0 saturated carbocycles. The number of carbonyl (C=O) groups excluding carboxylic acids is 2. The number of benzene rings is 1. The topological polar surface area (TPSA) is 86.8 Å². The second-order valence-corrected chi connectivity index (χ2v) is 8.89. The summed E-state index contributed by atoms with van der Waals surface area (Å²) in [4.78, 5) is 26.5. The van der Waals surface area contributed by atoms with Crippen LogP contribution in [0.2, 0.25) is 0 Å². The minimum atomic E-state index is -3.56. The largest absolute Gasteiger partial charge is 0.342 e. The van der Waals surface area contributed by atoms with Crippen LogP contribution in [0.3, 0.4) is 0 Å². The normalized spacial score (nSPS) is 18.0. The number of nitrogens with zero attached hydrogens (tertiary/aromatic N) is 2. The summed E-state index contributed by atoms with van der Waals surface area (Å²) < 4.78 is 25.6. The maximum atomic E-state index is 12.6. The monoisotopic (exact) mass is 381 g/mol. The Morgan fingerprint density at radius 3 is 2.69 bits per heavy atom. The molecule has 1 atom stereocenters. The summed E-state index contributed by atoms with van der Waals surface area (Å²) >= 11 is 0. The van der Waals surface area contributed by atoms with Crippen LogP contribution in [0, 0.1) is 5.92 Å². The number of sulfonamides is 1. The molecule has 1 aromatic carbocycles. The number of likely N-dealkylation sites (tertiary alicyclic amines) is 1. The van der Waals surface area contributed by atoms with Crippen molar-refractivity contribution in [3.63, 3.8) is 0 Å². The summed E-state index contributed by atoms with van der Waals surface area (Å²) in [6, 6.07) is 6.21. The molecule has 0 aromatic heterocycles. The first-order chi connectivity index (χ1) is 12.3. The van der Waals surface area contributed by atoms with Gasteiger partial charge in [0.2, 0.25) is 21.8 Å². The summed E-state index contributed by atoms with van der Waals surface area (Å²) in [6.45, 7) is 3.07. The van der Waals surface area contributed by atoms with Crippen LogP contribution < -0.4 is 5.32 Å². The van der Waals surface area contributed by atoms with Crippen LogP contribution >= 0.6 is 0 Å².